The zero-order valence-corrected chi connectivity index (χ0v) is 19.6. The maximum absolute atomic E-state index is 13.1. The second kappa shape index (κ2) is 10.7. The summed E-state index contributed by atoms with van der Waals surface area (Å²) < 4.78 is 11.9. The van der Waals surface area contributed by atoms with Gasteiger partial charge >= 0.3 is 6.03 Å². The Hall–Kier alpha value is -4.39. The number of nitrogens with one attached hydrogen (secondary N) is 1. The van der Waals surface area contributed by atoms with E-state index >= 15 is 0 Å². The number of hydrogen-bond acceptors (Lipinski definition) is 5. The van der Waals surface area contributed by atoms with E-state index in [1.54, 1.807) is 18.2 Å². The topological polar surface area (TPSA) is 84.9 Å². The Bertz CT molecular complexity index is 1250. The fourth-order valence-electron chi connectivity index (χ4n) is 3.73. The van der Waals surface area contributed by atoms with Crippen molar-refractivity contribution in [2.45, 2.75) is 26.5 Å². The van der Waals surface area contributed by atoms with Crippen molar-refractivity contribution in [2.24, 2.45) is 0 Å². The Morgan fingerprint density at radius 2 is 1.60 bits per heavy atom. The predicted octanol–water partition coefficient (Wildman–Crippen LogP) is 4.89. The van der Waals surface area contributed by atoms with Gasteiger partial charge in [-0.2, -0.15) is 0 Å². The molecule has 3 aromatic carbocycles. The molecule has 0 bridgehead atoms. The summed E-state index contributed by atoms with van der Waals surface area (Å²) in [6, 6.07) is 23.4. The molecule has 1 saturated heterocycles. The van der Waals surface area contributed by atoms with Crippen LogP contribution in [0.2, 0.25) is 0 Å². The van der Waals surface area contributed by atoms with Crippen LogP contribution in [0.3, 0.4) is 0 Å². The molecule has 35 heavy (non-hydrogen) atoms. The smallest absolute Gasteiger partial charge is 0.331 e. The van der Waals surface area contributed by atoms with Crippen molar-refractivity contribution in [3.63, 3.8) is 0 Å². The van der Waals surface area contributed by atoms with Crippen LogP contribution in [0, 0.1) is 0 Å². The zero-order valence-electron chi connectivity index (χ0n) is 19.6. The number of rotatable bonds is 8. The van der Waals surface area contributed by atoms with Crippen LogP contribution in [-0.2, 0) is 16.1 Å². The minimum absolute atomic E-state index is 0.0600. The zero-order chi connectivity index (χ0) is 24.8. The first-order chi connectivity index (χ1) is 17.0. The third kappa shape index (κ3) is 5.58. The van der Waals surface area contributed by atoms with Crippen LogP contribution < -0.4 is 14.8 Å². The molecule has 0 aliphatic carbocycles. The molecule has 1 unspecified atom stereocenters. The van der Waals surface area contributed by atoms with Crippen molar-refractivity contribution in [1.82, 2.24) is 10.2 Å². The highest BCUT2D eigenvalue weighted by Crippen LogP contribution is 2.33. The number of carbonyl (C=O) groups is 3. The molecule has 1 aliphatic heterocycles. The summed E-state index contributed by atoms with van der Waals surface area (Å²) >= 11 is 0. The highest BCUT2D eigenvalue weighted by molar-refractivity contribution is 6.30. The van der Waals surface area contributed by atoms with Gasteiger partial charge in [-0.3, -0.25) is 19.8 Å². The number of imide groups is 2. The summed E-state index contributed by atoms with van der Waals surface area (Å²) in [5, 5.41) is 2.25. The molecule has 0 saturated carbocycles. The highest BCUT2D eigenvalue weighted by atomic mass is 16.5. The van der Waals surface area contributed by atoms with Crippen LogP contribution >= 0.6 is 0 Å². The van der Waals surface area contributed by atoms with Gasteiger partial charge in [0.05, 0.1) is 13.2 Å². The third-order valence-corrected chi connectivity index (χ3v) is 5.52. The lowest BCUT2D eigenvalue weighted by Gasteiger charge is -2.26. The van der Waals surface area contributed by atoms with E-state index in [4.69, 9.17) is 9.47 Å². The van der Waals surface area contributed by atoms with Gasteiger partial charge < -0.3 is 9.47 Å². The summed E-state index contributed by atoms with van der Waals surface area (Å²) in [5.41, 5.74) is 2.24. The Morgan fingerprint density at radius 3 is 2.29 bits per heavy atom. The molecule has 1 heterocycles. The highest BCUT2D eigenvalue weighted by Gasteiger charge is 2.35. The van der Waals surface area contributed by atoms with Gasteiger partial charge in [0.1, 0.15) is 11.7 Å². The summed E-state index contributed by atoms with van der Waals surface area (Å²) in [7, 11) is 0. The number of urea groups is 1. The van der Waals surface area contributed by atoms with Crippen molar-refractivity contribution in [2.75, 3.05) is 6.61 Å². The van der Waals surface area contributed by atoms with E-state index < -0.39 is 17.8 Å². The SMILES string of the molecule is CCOc1cc(C=C2C(=O)NC(=O)N(Cc3ccccc3)C2=O)ccc1OC(C)c1ccccc1. The van der Waals surface area contributed by atoms with Gasteiger partial charge in [-0.25, -0.2) is 4.79 Å². The van der Waals surface area contributed by atoms with E-state index in [9.17, 15) is 14.4 Å². The quantitative estimate of drug-likeness (QED) is 0.374. The molecule has 7 heteroatoms. The van der Waals surface area contributed by atoms with E-state index in [1.165, 1.54) is 6.08 Å². The third-order valence-electron chi connectivity index (χ3n) is 5.52. The van der Waals surface area contributed by atoms with Gasteiger partial charge in [0.2, 0.25) is 0 Å². The normalized spacial score (nSPS) is 15.7. The van der Waals surface area contributed by atoms with Crippen molar-refractivity contribution in [3.8, 4) is 11.5 Å². The van der Waals surface area contributed by atoms with Gasteiger partial charge in [-0.15, -0.1) is 0 Å². The maximum Gasteiger partial charge on any atom is 0.331 e. The van der Waals surface area contributed by atoms with Gasteiger partial charge in [0.15, 0.2) is 11.5 Å². The van der Waals surface area contributed by atoms with Crippen molar-refractivity contribution < 1.29 is 23.9 Å². The average Bonchev–Trinajstić information content (AvgIpc) is 2.87. The lowest BCUT2D eigenvalue weighted by atomic mass is 10.1. The summed E-state index contributed by atoms with van der Waals surface area (Å²) in [4.78, 5) is 38.9. The first-order valence-corrected chi connectivity index (χ1v) is 11.4. The molecule has 0 radical (unpaired) electrons. The Morgan fingerprint density at radius 1 is 0.914 bits per heavy atom. The standard InChI is InChI=1S/C28H26N2O5/c1-3-34-25-17-21(14-15-24(25)35-19(2)22-12-8-5-9-13-22)16-23-26(31)29-28(33)30(27(23)32)18-20-10-6-4-7-11-20/h4-17,19H,3,18H2,1-2H3,(H,29,31,33). The van der Waals surface area contributed by atoms with Gasteiger partial charge in [0, 0.05) is 0 Å². The van der Waals surface area contributed by atoms with Crippen molar-refractivity contribution in [1.29, 1.82) is 0 Å². The molecule has 4 amide bonds. The summed E-state index contributed by atoms with van der Waals surface area (Å²) in [5.74, 6) is -0.352. The van der Waals surface area contributed by atoms with E-state index in [0.717, 1.165) is 16.0 Å². The fourth-order valence-corrected chi connectivity index (χ4v) is 3.73. The molecule has 3 aromatic rings. The van der Waals surface area contributed by atoms with E-state index in [2.05, 4.69) is 5.32 Å². The Labute approximate surface area is 204 Å². The molecule has 4 rings (SSSR count). The lowest BCUT2D eigenvalue weighted by Crippen LogP contribution is -2.53. The van der Waals surface area contributed by atoms with E-state index in [0.29, 0.717) is 23.7 Å². The van der Waals surface area contributed by atoms with Crippen LogP contribution in [0.5, 0.6) is 11.5 Å². The average molecular weight is 471 g/mol. The summed E-state index contributed by atoms with van der Waals surface area (Å²) in [6.07, 6.45) is 1.25. The van der Waals surface area contributed by atoms with Crippen LogP contribution in [0.4, 0.5) is 4.79 Å². The minimum Gasteiger partial charge on any atom is -0.490 e. The van der Waals surface area contributed by atoms with E-state index in [1.807, 2.05) is 74.5 Å². The number of hydrogen-bond donors (Lipinski definition) is 1. The van der Waals surface area contributed by atoms with Crippen LogP contribution in [0.25, 0.3) is 6.08 Å². The molecule has 1 aliphatic rings. The van der Waals surface area contributed by atoms with Crippen molar-refractivity contribution >= 4 is 23.9 Å². The molecule has 7 nitrogen and oxygen atoms in total. The number of ether oxygens (including phenoxy) is 2. The second-order valence-corrected chi connectivity index (χ2v) is 8.00. The Balaban J connectivity index is 1.59. The largest absolute Gasteiger partial charge is 0.490 e. The van der Waals surface area contributed by atoms with E-state index in [-0.39, 0.29) is 18.2 Å². The fraction of sp³-hybridized carbons (Fsp3) is 0.179. The number of carbonyl (C=O) groups excluding carboxylic acids is 3. The first-order valence-electron chi connectivity index (χ1n) is 11.4. The molecule has 1 atom stereocenters. The molecule has 178 valence electrons. The molecular weight excluding hydrogens is 444 g/mol. The van der Waals surface area contributed by atoms with Crippen molar-refractivity contribution in [3.05, 3.63) is 101 Å². The lowest BCUT2D eigenvalue weighted by molar-refractivity contribution is -0.130. The van der Waals surface area contributed by atoms with Crippen LogP contribution in [-0.4, -0.2) is 29.4 Å². The van der Waals surface area contributed by atoms with Gasteiger partial charge in [-0.05, 0) is 48.7 Å². The number of barbiturate groups is 1. The molecular formula is C28H26N2O5. The second-order valence-electron chi connectivity index (χ2n) is 8.00. The first kappa shape index (κ1) is 23.8. The number of benzene rings is 3. The maximum atomic E-state index is 13.1. The summed E-state index contributed by atoms with van der Waals surface area (Å²) in [6.45, 7) is 4.28. The molecule has 0 spiro atoms. The molecule has 1 fully saturated rings. The Kier molecular flexibility index (Phi) is 7.26. The number of amides is 4. The molecule has 1 N–H and O–H groups in total. The van der Waals surface area contributed by atoms with Gasteiger partial charge in [0.25, 0.3) is 11.8 Å². The predicted molar refractivity (Wildman–Crippen MR) is 132 cm³/mol. The van der Waals surface area contributed by atoms with Crippen LogP contribution in [0.1, 0.15) is 36.6 Å². The number of nitrogens with zero attached hydrogens (tertiary/aromatic N) is 1. The molecule has 0 aromatic heterocycles. The van der Waals surface area contributed by atoms with Gasteiger partial charge in [-0.1, -0.05) is 66.7 Å². The monoisotopic (exact) mass is 470 g/mol. The minimum atomic E-state index is -0.741. The van der Waals surface area contributed by atoms with Crippen LogP contribution in [0.15, 0.2) is 84.4 Å².